The molecule has 0 radical (unpaired) electrons. The highest BCUT2D eigenvalue weighted by Gasteiger charge is 2.12. The molecule has 0 aromatic heterocycles. The minimum absolute atomic E-state index is 0.0401. The van der Waals surface area contributed by atoms with Gasteiger partial charge in [-0.1, -0.05) is 178 Å². The summed E-state index contributed by atoms with van der Waals surface area (Å²) in [5, 5.41) is 9.45. The quantitative estimate of drug-likeness (QED) is 0.0535. The number of carbonyl (C=O) groups is 2. The van der Waals surface area contributed by atoms with Crippen molar-refractivity contribution in [3.05, 3.63) is 0 Å². The van der Waals surface area contributed by atoms with E-state index in [1.807, 2.05) is 0 Å². The van der Waals surface area contributed by atoms with Gasteiger partial charge in [0.15, 0.2) is 0 Å². The van der Waals surface area contributed by atoms with Crippen molar-refractivity contribution in [2.45, 2.75) is 248 Å². The second kappa shape index (κ2) is 53.2. The van der Waals surface area contributed by atoms with E-state index in [0.717, 1.165) is 96.6 Å². The van der Waals surface area contributed by atoms with E-state index in [9.17, 15) is 14.7 Å². The monoisotopic (exact) mass is 730 g/mol. The average Bonchev–Trinajstić information content (AvgIpc) is 3.10. The molecule has 1 N–H and O–H groups in total. The van der Waals surface area contributed by atoms with Crippen LogP contribution in [-0.4, -0.2) is 60.9 Å². The first-order valence-corrected chi connectivity index (χ1v) is 22.5. The van der Waals surface area contributed by atoms with Crippen LogP contribution in [0.25, 0.3) is 0 Å². The van der Waals surface area contributed by atoms with Gasteiger partial charge in [0.2, 0.25) is 0 Å². The molecule has 0 amide bonds. The van der Waals surface area contributed by atoms with Crippen LogP contribution >= 0.6 is 0 Å². The zero-order valence-electron chi connectivity index (χ0n) is 36.4. The zero-order chi connectivity index (χ0) is 39.1. The molecule has 310 valence electrons. The van der Waals surface area contributed by atoms with E-state index < -0.39 is 0 Å². The van der Waals surface area contributed by atoms with Crippen LogP contribution in [0.2, 0.25) is 0 Å². The summed E-state index contributed by atoms with van der Waals surface area (Å²) in [5.74, 6) is -0.0804. The van der Waals surface area contributed by atoms with E-state index >= 15 is 0 Å². The normalized spacial score (nSPS) is 11.0. The lowest BCUT2D eigenvalue weighted by Gasteiger charge is -2.21. The second-order valence-electron chi connectivity index (χ2n) is 14.4. The van der Waals surface area contributed by atoms with Crippen LogP contribution < -0.4 is 0 Å². The van der Waals surface area contributed by atoms with Crippen molar-refractivity contribution in [1.29, 1.82) is 0 Å². The number of unbranched alkanes of at least 4 members (excludes halogenated alkanes) is 17. The van der Waals surface area contributed by atoms with E-state index in [1.54, 1.807) is 0 Å². The average molecular weight is 730 g/mol. The second-order valence-corrected chi connectivity index (χ2v) is 14.4. The molecule has 0 aliphatic heterocycles. The smallest absolute Gasteiger partial charge is 0.306 e. The fraction of sp³-hybridized carbons (Fsp3) is 0.956. The third kappa shape index (κ3) is 55.8. The summed E-state index contributed by atoms with van der Waals surface area (Å²) in [6, 6.07) is 0. The maximum atomic E-state index is 12.3. The van der Waals surface area contributed by atoms with Gasteiger partial charge < -0.3 is 19.5 Å². The first-order chi connectivity index (χ1) is 24.8. The number of hydrogen-bond donors (Lipinski definition) is 1. The lowest BCUT2D eigenvalue weighted by atomic mass is 10.1. The number of esters is 2. The Kier molecular flexibility index (Phi) is 59.1. The van der Waals surface area contributed by atoms with Gasteiger partial charge in [-0.15, -0.1) is 0 Å². The molecule has 0 bridgehead atoms. The van der Waals surface area contributed by atoms with Crippen molar-refractivity contribution >= 4 is 11.9 Å². The SMILES string of the molecule is CCC.CCC.CCC.CCCCCCCCCOC(=O)CCCCCCCN(CCO)CCCCCC(=O)OC(CC)CCCCCCCC. The third-order valence-corrected chi connectivity index (χ3v) is 8.27. The molecule has 0 heterocycles. The maximum absolute atomic E-state index is 12.3. The summed E-state index contributed by atoms with van der Waals surface area (Å²) in [5.41, 5.74) is 0. The number of aliphatic hydroxyl groups excluding tert-OH is 1. The molecule has 0 spiro atoms. The molecule has 0 aromatic carbocycles. The van der Waals surface area contributed by atoms with Crippen LogP contribution in [0, 0.1) is 0 Å². The fourth-order valence-electron chi connectivity index (χ4n) is 5.45. The molecule has 51 heavy (non-hydrogen) atoms. The van der Waals surface area contributed by atoms with Gasteiger partial charge in [0.1, 0.15) is 6.10 Å². The highest BCUT2D eigenvalue weighted by Crippen LogP contribution is 2.15. The Hall–Kier alpha value is -1.14. The van der Waals surface area contributed by atoms with Crippen LogP contribution in [0.5, 0.6) is 0 Å². The van der Waals surface area contributed by atoms with Gasteiger partial charge in [-0.05, 0) is 64.5 Å². The van der Waals surface area contributed by atoms with E-state index in [4.69, 9.17) is 9.47 Å². The number of rotatable bonds is 33. The molecule has 1 unspecified atom stereocenters. The van der Waals surface area contributed by atoms with E-state index in [0.29, 0.717) is 26.0 Å². The minimum atomic E-state index is -0.0403. The lowest BCUT2D eigenvalue weighted by molar-refractivity contribution is -0.149. The summed E-state index contributed by atoms with van der Waals surface area (Å²) >= 11 is 0. The van der Waals surface area contributed by atoms with Gasteiger partial charge in [0.25, 0.3) is 0 Å². The van der Waals surface area contributed by atoms with Crippen molar-refractivity contribution in [3.8, 4) is 0 Å². The Labute approximate surface area is 321 Å². The number of hydrogen-bond acceptors (Lipinski definition) is 6. The van der Waals surface area contributed by atoms with Crippen molar-refractivity contribution < 1.29 is 24.2 Å². The van der Waals surface area contributed by atoms with Gasteiger partial charge >= 0.3 is 11.9 Å². The fourth-order valence-corrected chi connectivity index (χ4v) is 5.45. The van der Waals surface area contributed by atoms with E-state index in [1.165, 1.54) is 83.5 Å². The Morgan fingerprint density at radius 1 is 0.490 bits per heavy atom. The Morgan fingerprint density at radius 2 is 0.882 bits per heavy atom. The van der Waals surface area contributed by atoms with Crippen LogP contribution in [0.3, 0.4) is 0 Å². The summed E-state index contributed by atoms with van der Waals surface area (Å²) in [4.78, 5) is 26.5. The minimum Gasteiger partial charge on any atom is -0.466 e. The molecule has 6 heteroatoms. The van der Waals surface area contributed by atoms with Crippen molar-refractivity contribution in [1.82, 2.24) is 4.90 Å². The predicted octanol–water partition coefficient (Wildman–Crippen LogP) is 13.8. The molecule has 1 atom stereocenters. The Bertz CT molecular complexity index is 625. The summed E-state index contributed by atoms with van der Waals surface area (Å²) in [6.45, 7) is 22.8. The zero-order valence-corrected chi connectivity index (χ0v) is 36.4. The summed E-state index contributed by atoms with van der Waals surface area (Å²) < 4.78 is 11.1. The van der Waals surface area contributed by atoms with Gasteiger partial charge in [0.05, 0.1) is 13.2 Å². The highest BCUT2D eigenvalue weighted by molar-refractivity contribution is 5.69. The molecular weight excluding hydrogens is 634 g/mol. The van der Waals surface area contributed by atoms with Crippen LogP contribution in [0.4, 0.5) is 0 Å². The van der Waals surface area contributed by atoms with E-state index in [-0.39, 0.29) is 24.6 Å². The summed E-state index contributed by atoms with van der Waals surface area (Å²) in [6.07, 6.45) is 31.4. The maximum Gasteiger partial charge on any atom is 0.306 e. The third-order valence-electron chi connectivity index (χ3n) is 8.27. The molecule has 0 saturated heterocycles. The van der Waals surface area contributed by atoms with Gasteiger partial charge in [-0.25, -0.2) is 0 Å². The number of aliphatic hydroxyl groups is 1. The molecule has 0 aromatic rings. The standard InChI is InChI=1S/C36H71NO5.3C3H8/c1-4-7-9-11-13-18-25-33-41-35(39)27-21-16-14-17-23-29-37(31-32-38)30-24-19-22-28-36(40)42-34(6-3)26-20-15-12-10-8-5-2;3*1-3-2/h34,38H,4-33H2,1-3H3;3*3H2,1-2H3. The largest absolute Gasteiger partial charge is 0.466 e. The van der Waals surface area contributed by atoms with Gasteiger partial charge in [-0.2, -0.15) is 0 Å². The lowest BCUT2D eigenvalue weighted by Crippen LogP contribution is -2.29. The summed E-state index contributed by atoms with van der Waals surface area (Å²) in [7, 11) is 0. The van der Waals surface area contributed by atoms with Crippen molar-refractivity contribution in [2.75, 3.05) is 32.8 Å². The van der Waals surface area contributed by atoms with Crippen molar-refractivity contribution in [3.63, 3.8) is 0 Å². The number of nitrogens with zero attached hydrogens (tertiary/aromatic N) is 1. The van der Waals surface area contributed by atoms with E-state index in [2.05, 4.69) is 67.2 Å². The van der Waals surface area contributed by atoms with Crippen molar-refractivity contribution in [2.24, 2.45) is 0 Å². The molecule has 0 fully saturated rings. The first kappa shape index (κ1) is 56.6. The molecule has 0 saturated carbocycles. The predicted molar refractivity (Wildman–Crippen MR) is 225 cm³/mol. The molecule has 0 aliphatic carbocycles. The Balaban J connectivity index is -0.00000110. The number of ether oxygens (including phenoxy) is 2. The molecular formula is C45H95NO5. The highest BCUT2D eigenvalue weighted by atomic mass is 16.5. The topological polar surface area (TPSA) is 76.1 Å². The van der Waals surface area contributed by atoms with Crippen LogP contribution in [-0.2, 0) is 19.1 Å². The Morgan fingerprint density at radius 3 is 1.35 bits per heavy atom. The van der Waals surface area contributed by atoms with Crippen LogP contribution in [0.1, 0.15) is 242 Å². The van der Waals surface area contributed by atoms with Gasteiger partial charge in [-0.3, -0.25) is 9.59 Å². The first-order valence-electron chi connectivity index (χ1n) is 22.5. The van der Waals surface area contributed by atoms with Gasteiger partial charge in [0, 0.05) is 19.4 Å². The number of carbonyl (C=O) groups excluding carboxylic acids is 2. The van der Waals surface area contributed by atoms with Crippen LogP contribution in [0.15, 0.2) is 0 Å². The molecule has 0 aliphatic rings. The molecule has 6 nitrogen and oxygen atoms in total. The molecule has 0 rings (SSSR count).